The standard InChI is InChI=1S/C8H18O2.C4H10O3.C2H6O2/c1-5-6-7(2,3)8(4,9)10;5-1-3-7-4-2-6;3-1-2-4/h9-10H,5-6H2,1-4H3;5-6H,1-4H2;3-4H,1-2H2. The summed E-state index contributed by atoms with van der Waals surface area (Å²) in [6.07, 6.45) is 1.81. The Morgan fingerprint density at radius 2 is 1.14 bits per heavy atom. The molecule has 0 aliphatic heterocycles. The second-order valence-corrected chi connectivity index (χ2v) is 5.16. The fourth-order valence-electron chi connectivity index (χ4n) is 1.09. The second-order valence-electron chi connectivity index (χ2n) is 5.16. The predicted molar refractivity (Wildman–Crippen MR) is 80.7 cm³/mol. The van der Waals surface area contributed by atoms with Gasteiger partial charge in [0.2, 0.25) is 0 Å². The van der Waals surface area contributed by atoms with E-state index in [-0.39, 0.29) is 26.4 Å². The van der Waals surface area contributed by atoms with Gasteiger partial charge in [0.1, 0.15) is 0 Å². The third-order valence-corrected chi connectivity index (χ3v) is 2.73. The van der Waals surface area contributed by atoms with Crippen molar-refractivity contribution in [3.63, 3.8) is 0 Å². The molecule has 0 spiro atoms. The first kappa shape index (κ1) is 25.7. The number of aliphatic hydroxyl groups is 6. The highest BCUT2D eigenvalue weighted by molar-refractivity contribution is 4.79. The first-order valence-electron chi connectivity index (χ1n) is 7.10. The highest BCUT2D eigenvalue weighted by Gasteiger charge is 2.36. The quantitative estimate of drug-likeness (QED) is 0.262. The highest BCUT2D eigenvalue weighted by atomic mass is 16.5. The average molecular weight is 314 g/mol. The van der Waals surface area contributed by atoms with E-state index in [4.69, 9.17) is 20.4 Å². The van der Waals surface area contributed by atoms with E-state index in [2.05, 4.69) is 4.74 Å². The molecule has 0 rings (SSSR count). The molecule has 0 aliphatic carbocycles. The van der Waals surface area contributed by atoms with Crippen LogP contribution in [0.4, 0.5) is 0 Å². The lowest BCUT2D eigenvalue weighted by molar-refractivity contribution is -0.220. The van der Waals surface area contributed by atoms with Crippen LogP contribution in [0.25, 0.3) is 0 Å². The average Bonchev–Trinajstić information content (AvgIpc) is 2.39. The molecule has 0 aromatic rings. The van der Waals surface area contributed by atoms with Crippen molar-refractivity contribution in [2.45, 2.75) is 46.3 Å². The first-order valence-corrected chi connectivity index (χ1v) is 7.10. The maximum atomic E-state index is 9.23. The van der Waals surface area contributed by atoms with Crippen molar-refractivity contribution < 1.29 is 35.4 Å². The zero-order chi connectivity index (χ0) is 17.4. The molecule has 0 radical (unpaired) electrons. The Morgan fingerprint density at radius 1 is 0.762 bits per heavy atom. The zero-order valence-corrected chi connectivity index (χ0v) is 13.7. The monoisotopic (exact) mass is 314 g/mol. The van der Waals surface area contributed by atoms with Crippen LogP contribution in [0.3, 0.4) is 0 Å². The summed E-state index contributed by atoms with van der Waals surface area (Å²) in [7, 11) is 0. The molecule has 0 heterocycles. The number of rotatable bonds is 8. The second kappa shape index (κ2) is 16.1. The van der Waals surface area contributed by atoms with Crippen molar-refractivity contribution in [3.05, 3.63) is 0 Å². The van der Waals surface area contributed by atoms with E-state index >= 15 is 0 Å². The smallest absolute Gasteiger partial charge is 0.164 e. The molecular formula is C14H34O7. The van der Waals surface area contributed by atoms with Crippen LogP contribution in [-0.2, 0) is 4.74 Å². The van der Waals surface area contributed by atoms with Crippen molar-refractivity contribution in [1.82, 2.24) is 0 Å². The molecule has 0 saturated heterocycles. The van der Waals surface area contributed by atoms with E-state index in [1.165, 1.54) is 6.92 Å². The Balaban J connectivity index is -0.000000256. The van der Waals surface area contributed by atoms with Crippen LogP contribution in [0.15, 0.2) is 0 Å². The molecule has 7 nitrogen and oxygen atoms in total. The summed E-state index contributed by atoms with van der Waals surface area (Å²) in [6.45, 7) is 7.63. The van der Waals surface area contributed by atoms with Crippen LogP contribution in [-0.4, -0.2) is 76.1 Å². The molecule has 0 aliphatic rings. The minimum atomic E-state index is -1.55. The lowest BCUT2D eigenvalue weighted by Gasteiger charge is -2.35. The van der Waals surface area contributed by atoms with E-state index in [9.17, 15) is 10.2 Å². The van der Waals surface area contributed by atoms with Crippen molar-refractivity contribution in [2.75, 3.05) is 39.6 Å². The largest absolute Gasteiger partial charge is 0.394 e. The maximum absolute atomic E-state index is 9.23. The first-order chi connectivity index (χ1) is 9.64. The summed E-state index contributed by atoms with van der Waals surface area (Å²) in [4.78, 5) is 0. The number of hydrogen-bond donors (Lipinski definition) is 6. The van der Waals surface area contributed by atoms with Crippen molar-refractivity contribution in [1.29, 1.82) is 0 Å². The lowest BCUT2D eigenvalue weighted by atomic mass is 9.80. The zero-order valence-electron chi connectivity index (χ0n) is 13.7. The van der Waals surface area contributed by atoms with Gasteiger partial charge < -0.3 is 35.4 Å². The minimum Gasteiger partial charge on any atom is -0.394 e. The van der Waals surface area contributed by atoms with Crippen LogP contribution in [0, 0.1) is 5.41 Å². The molecule has 7 heteroatoms. The van der Waals surface area contributed by atoms with Gasteiger partial charge in [-0.15, -0.1) is 0 Å². The normalized spacial score (nSPS) is 11.1. The number of hydrogen-bond acceptors (Lipinski definition) is 7. The van der Waals surface area contributed by atoms with Gasteiger partial charge in [0.25, 0.3) is 0 Å². The topological polar surface area (TPSA) is 131 Å². The molecule has 0 unspecified atom stereocenters. The third kappa shape index (κ3) is 19.7. The van der Waals surface area contributed by atoms with Gasteiger partial charge in [0, 0.05) is 5.41 Å². The number of aliphatic hydroxyl groups excluding tert-OH is 4. The molecule has 132 valence electrons. The van der Waals surface area contributed by atoms with E-state index in [1.54, 1.807) is 0 Å². The fraction of sp³-hybridized carbons (Fsp3) is 1.00. The van der Waals surface area contributed by atoms with Crippen molar-refractivity contribution >= 4 is 0 Å². The third-order valence-electron chi connectivity index (χ3n) is 2.73. The van der Waals surface area contributed by atoms with Crippen LogP contribution < -0.4 is 0 Å². The Hall–Kier alpha value is -0.280. The van der Waals surface area contributed by atoms with Crippen molar-refractivity contribution in [2.24, 2.45) is 5.41 Å². The summed E-state index contributed by atoms with van der Waals surface area (Å²) in [6, 6.07) is 0. The molecule has 21 heavy (non-hydrogen) atoms. The highest BCUT2D eigenvalue weighted by Crippen LogP contribution is 2.32. The SMILES string of the molecule is CCCC(C)(C)C(C)(O)O.OCCO.OCCOCCO. The molecule has 0 saturated carbocycles. The summed E-state index contributed by atoms with van der Waals surface area (Å²) in [5.41, 5.74) is -0.401. The van der Waals surface area contributed by atoms with Gasteiger partial charge in [-0.3, -0.25) is 0 Å². The van der Waals surface area contributed by atoms with Gasteiger partial charge >= 0.3 is 0 Å². The summed E-state index contributed by atoms with van der Waals surface area (Å²) < 4.78 is 4.63. The summed E-state index contributed by atoms with van der Waals surface area (Å²) >= 11 is 0. The van der Waals surface area contributed by atoms with E-state index < -0.39 is 11.2 Å². The van der Waals surface area contributed by atoms with Gasteiger partial charge in [-0.25, -0.2) is 0 Å². The van der Waals surface area contributed by atoms with Crippen LogP contribution >= 0.6 is 0 Å². The number of ether oxygens (including phenoxy) is 1. The van der Waals surface area contributed by atoms with E-state index in [1.807, 2.05) is 20.8 Å². The van der Waals surface area contributed by atoms with Crippen LogP contribution in [0.5, 0.6) is 0 Å². The lowest BCUT2D eigenvalue weighted by Crippen LogP contribution is -2.41. The van der Waals surface area contributed by atoms with E-state index in [0.29, 0.717) is 13.2 Å². The Bertz CT molecular complexity index is 184. The van der Waals surface area contributed by atoms with Crippen molar-refractivity contribution in [3.8, 4) is 0 Å². The van der Waals surface area contributed by atoms with Gasteiger partial charge in [-0.1, -0.05) is 27.2 Å². The minimum absolute atomic E-state index is 0.0278. The molecule has 0 fully saturated rings. The Labute approximate surface area is 127 Å². The van der Waals surface area contributed by atoms with Gasteiger partial charge in [0.05, 0.1) is 39.6 Å². The molecule has 0 aromatic carbocycles. The molecule has 0 amide bonds. The van der Waals surface area contributed by atoms with E-state index in [0.717, 1.165) is 12.8 Å². The van der Waals surface area contributed by atoms with Crippen LogP contribution in [0.1, 0.15) is 40.5 Å². The summed E-state index contributed by atoms with van der Waals surface area (Å²) in [5.74, 6) is -1.55. The van der Waals surface area contributed by atoms with Crippen LogP contribution in [0.2, 0.25) is 0 Å². The fourth-order valence-corrected chi connectivity index (χ4v) is 1.09. The van der Waals surface area contributed by atoms with Gasteiger partial charge in [-0.05, 0) is 13.3 Å². The molecule has 6 N–H and O–H groups in total. The molecule has 0 bridgehead atoms. The molecule has 0 aromatic heterocycles. The van der Waals surface area contributed by atoms with Gasteiger partial charge in [-0.2, -0.15) is 0 Å². The predicted octanol–water partition coefficient (Wildman–Crippen LogP) is -0.528. The molecular weight excluding hydrogens is 280 g/mol. The maximum Gasteiger partial charge on any atom is 0.164 e. The Kier molecular flexibility index (Phi) is 19.7. The Morgan fingerprint density at radius 3 is 1.29 bits per heavy atom. The summed E-state index contributed by atoms with van der Waals surface area (Å²) in [5, 5.41) is 49.9. The molecule has 0 atom stereocenters. The van der Waals surface area contributed by atoms with Gasteiger partial charge in [0.15, 0.2) is 5.79 Å².